The van der Waals surface area contributed by atoms with Crippen LogP contribution in [0.5, 0.6) is 0 Å². The summed E-state index contributed by atoms with van der Waals surface area (Å²) in [5.74, 6) is -0.252. The second kappa shape index (κ2) is 6.72. The van der Waals surface area contributed by atoms with Crippen LogP contribution >= 0.6 is 0 Å². The molecular formula is C18H18N4O3. The van der Waals surface area contributed by atoms with Crippen molar-refractivity contribution in [3.63, 3.8) is 0 Å². The number of pyridine rings is 1. The number of nitrogens with zero attached hydrogens (tertiary/aromatic N) is 3. The van der Waals surface area contributed by atoms with E-state index < -0.39 is 4.92 Å². The normalized spacial score (nSPS) is 10.8. The van der Waals surface area contributed by atoms with Crippen molar-refractivity contribution in [1.29, 1.82) is 0 Å². The van der Waals surface area contributed by atoms with E-state index in [9.17, 15) is 14.9 Å². The van der Waals surface area contributed by atoms with Crippen molar-refractivity contribution in [1.82, 2.24) is 14.7 Å². The highest BCUT2D eigenvalue weighted by Crippen LogP contribution is 2.18. The van der Waals surface area contributed by atoms with Crippen LogP contribution in [-0.2, 0) is 6.42 Å². The van der Waals surface area contributed by atoms with Gasteiger partial charge in [-0.1, -0.05) is 6.07 Å². The number of amides is 1. The Morgan fingerprint density at radius 3 is 2.76 bits per heavy atom. The first-order valence-corrected chi connectivity index (χ1v) is 7.92. The maximum absolute atomic E-state index is 12.2. The third kappa shape index (κ3) is 3.50. The van der Waals surface area contributed by atoms with Crippen molar-refractivity contribution in [2.75, 3.05) is 6.54 Å². The fourth-order valence-corrected chi connectivity index (χ4v) is 2.73. The Kier molecular flexibility index (Phi) is 4.47. The monoisotopic (exact) mass is 338 g/mol. The number of benzene rings is 1. The summed E-state index contributed by atoms with van der Waals surface area (Å²) < 4.78 is 1.96. The molecule has 0 atom stereocenters. The van der Waals surface area contributed by atoms with E-state index in [0.29, 0.717) is 24.1 Å². The quantitative estimate of drug-likeness (QED) is 0.572. The fourth-order valence-electron chi connectivity index (χ4n) is 2.73. The number of carbonyl (C=O) groups excluding carboxylic acids is 1. The number of hydrogen-bond donors (Lipinski definition) is 1. The summed E-state index contributed by atoms with van der Waals surface area (Å²) in [5, 5.41) is 13.6. The Hall–Kier alpha value is -3.22. The molecule has 3 rings (SSSR count). The van der Waals surface area contributed by atoms with E-state index in [4.69, 9.17) is 0 Å². The van der Waals surface area contributed by atoms with Gasteiger partial charge in [0, 0.05) is 42.6 Å². The van der Waals surface area contributed by atoms with Gasteiger partial charge in [0.05, 0.1) is 10.6 Å². The number of imidazole rings is 1. The summed E-state index contributed by atoms with van der Waals surface area (Å²) in [6, 6.07) is 8.32. The van der Waals surface area contributed by atoms with E-state index in [1.54, 1.807) is 6.92 Å². The van der Waals surface area contributed by atoms with Gasteiger partial charge in [0.15, 0.2) is 0 Å². The van der Waals surface area contributed by atoms with E-state index >= 15 is 0 Å². The van der Waals surface area contributed by atoms with Crippen LogP contribution in [0.1, 0.15) is 27.2 Å². The Morgan fingerprint density at radius 2 is 2.08 bits per heavy atom. The molecule has 0 radical (unpaired) electrons. The molecule has 0 aliphatic rings. The molecule has 3 aromatic rings. The molecule has 7 nitrogen and oxygen atoms in total. The van der Waals surface area contributed by atoms with Crippen molar-refractivity contribution in [2.45, 2.75) is 20.3 Å². The van der Waals surface area contributed by atoms with Gasteiger partial charge < -0.3 is 9.72 Å². The summed E-state index contributed by atoms with van der Waals surface area (Å²) in [7, 11) is 0. The maximum atomic E-state index is 12.2. The average molecular weight is 338 g/mol. The lowest BCUT2D eigenvalue weighted by molar-refractivity contribution is -0.385. The van der Waals surface area contributed by atoms with Crippen molar-refractivity contribution in [3.8, 4) is 0 Å². The molecule has 0 fully saturated rings. The van der Waals surface area contributed by atoms with Crippen LogP contribution in [-0.4, -0.2) is 26.8 Å². The van der Waals surface area contributed by atoms with Crippen LogP contribution in [0.2, 0.25) is 0 Å². The molecule has 2 heterocycles. The number of hydrogen-bond acceptors (Lipinski definition) is 4. The van der Waals surface area contributed by atoms with E-state index in [-0.39, 0.29) is 11.6 Å². The Balaban J connectivity index is 1.63. The highest BCUT2D eigenvalue weighted by Gasteiger charge is 2.13. The molecule has 128 valence electrons. The van der Waals surface area contributed by atoms with Crippen LogP contribution in [0.15, 0.2) is 42.7 Å². The van der Waals surface area contributed by atoms with Gasteiger partial charge in [-0.2, -0.15) is 0 Å². The lowest BCUT2D eigenvalue weighted by Crippen LogP contribution is -2.25. The number of aryl methyl sites for hydroxylation is 2. The third-order valence-electron chi connectivity index (χ3n) is 4.05. The molecular weight excluding hydrogens is 320 g/mol. The van der Waals surface area contributed by atoms with Crippen molar-refractivity contribution < 1.29 is 9.72 Å². The predicted molar refractivity (Wildman–Crippen MR) is 93.8 cm³/mol. The zero-order valence-corrected chi connectivity index (χ0v) is 14.0. The van der Waals surface area contributed by atoms with Gasteiger partial charge >= 0.3 is 0 Å². The minimum Gasteiger partial charge on any atom is -0.352 e. The van der Waals surface area contributed by atoms with E-state index in [2.05, 4.69) is 10.3 Å². The van der Waals surface area contributed by atoms with Crippen LogP contribution < -0.4 is 5.32 Å². The summed E-state index contributed by atoms with van der Waals surface area (Å²) >= 11 is 0. The van der Waals surface area contributed by atoms with Gasteiger partial charge in [-0.25, -0.2) is 4.98 Å². The summed E-state index contributed by atoms with van der Waals surface area (Å²) in [4.78, 5) is 27.1. The van der Waals surface area contributed by atoms with Gasteiger partial charge in [0.2, 0.25) is 0 Å². The van der Waals surface area contributed by atoms with Crippen molar-refractivity contribution >= 4 is 17.2 Å². The smallest absolute Gasteiger partial charge is 0.272 e. The number of rotatable bonds is 5. The zero-order valence-electron chi connectivity index (χ0n) is 14.0. The Morgan fingerprint density at radius 1 is 1.28 bits per heavy atom. The molecule has 1 N–H and O–H groups in total. The van der Waals surface area contributed by atoms with Crippen molar-refractivity contribution in [3.05, 3.63) is 75.2 Å². The first-order chi connectivity index (χ1) is 12.0. The highest BCUT2D eigenvalue weighted by molar-refractivity contribution is 5.94. The van der Waals surface area contributed by atoms with E-state index in [1.807, 2.05) is 35.9 Å². The molecule has 0 unspecified atom stereocenters. The number of nitro benzene ring substituents is 1. The number of carbonyl (C=O) groups is 1. The topological polar surface area (TPSA) is 89.5 Å². The van der Waals surface area contributed by atoms with Gasteiger partial charge in [-0.15, -0.1) is 0 Å². The Labute approximate surface area is 144 Å². The molecule has 0 aliphatic heterocycles. The van der Waals surface area contributed by atoms with E-state index in [1.165, 1.54) is 18.2 Å². The number of aromatic nitrogens is 2. The predicted octanol–water partition coefficient (Wildman–Crippen LogP) is 2.83. The molecule has 0 saturated carbocycles. The average Bonchev–Trinajstić information content (AvgIpc) is 2.98. The maximum Gasteiger partial charge on any atom is 0.272 e. The largest absolute Gasteiger partial charge is 0.352 e. The Bertz CT molecular complexity index is 962. The molecule has 25 heavy (non-hydrogen) atoms. The van der Waals surface area contributed by atoms with Gasteiger partial charge in [-0.05, 0) is 37.6 Å². The molecule has 0 saturated heterocycles. The first kappa shape index (κ1) is 16.6. The molecule has 0 bridgehead atoms. The minimum absolute atomic E-state index is 0.0108. The SMILES string of the molecule is Cc1cc(C(=O)NCCc2cn3cccc(C)c3n2)ccc1[N+](=O)[O-]. The van der Waals surface area contributed by atoms with Crippen LogP contribution in [0.4, 0.5) is 5.69 Å². The van der Waals surface area contributed by atoms with Gasteiger partial charge in [0.25, 0.3) is 11.6 Å². The second-order valence-corrected chi connectivity index (χ2v) is 5.92. The zero-order chi connectivity index (χ0) is 18.0. The first-order valence-electron chi connectivity index (χ1n) is 7.92. The van der Waals surface area contributed by atoms with Crippen LogP contribution in [0.3, 0.4) is 0 Å². The molecule has 1 aromatic carbocycles. The van der Waals surface area contributed by atoms with Crippen LogP contribution in [0.25, 0.3) is 5.65 Å². The second-order valence-electron chi connectivity index (χ2n) is 5.92. The summed E-state index contributed by atoms with van der Waals surface area (Å²) in [5.41, 5.74) is 3.79. The highest BCUT2D eigenvalue weighted by atomic mass is 16.6. The lowest BCUT2D eigenvalue weighted by Gasteiger charge is -2.05. The van der Waals surface area contributed by atoms with Gasteiger partial charge in [0.1, 0.15) is 5.65 Å². The number of nitrogens with one attached hydrogen (secondary N) is 1. The number of fused-ring (bicyclic) bond motifs is 1. The molecule has 0 aliphatic carbocycles. The number of nitro groups is 1. The van der Waals surface area contributed by atoms with Crippen LogP contribution in [0, 0.1) is 24.0 Å². The fraction of sp³-hybridized carbons (Fsp3) is 0.222. The standard InChI is InChI=1S/C18H18N4O3/c1-12-4-3-9-21-11-15(20-17(12)21)7-8-19-18(23)14-5-6-16(22(24)25)13(2)10-14/h3-6,9-11H,7-8H2,1-2H3,(H,19,23). The van der Waals surface area contributed by atoms with Crippen molar-refractivity contribution in [2.24, 2.45) is 0 Å². The summed E-state index contributed by atoms with van der Waals surface area (Å²) in [6.45, 7) is 4.07. The lowest BCUT2D eigenvalue weighted by atomic mass is 10.1. The molecule has 2 aromatic heterocycles. The molecule has 0 spiro atoms. The third-order valence-corrected chi connectivity index (χ3v) is 4.05. The molecule has 1 amide bonds. The molecule has 7 heteroatoms. The minimum atomic E-state index is -0.456. The summed E-state index contributed by atoms with van der Waals surface area (Å²) in [6.07, 6.45) is 4.50. The van der Waals surface area contributed by atoms with Gasteiger partial charge in [-0.3, -0.25) is 14.9 Å². The van der Waals surface area contributed by atoms with E-state index in [0.717, 1.165) is 16.9 Å².